The maximum atomic E-state index is 5.82. The molecule has 3 aliphatic rings. The second kappa shape index (κ2) is 2.89. The van der Waals surface area contributed by atoms with Crippen molar-refractivity contribution < 1.29 is 0 Å². The summed E-state index contributed by atoms with van der Waals surface area (Å²) in [4.78, 5) is 7.83. The predicted molar refractivity (Wildman–Crippen MR) is 60.2 cm³/mol. The van der Waals surface area contributed by atoms with Crippen LogP contribution in [0.15, 0.2) is 0 Å². The lowest BCUT2D eigenvalue weighted by molar-refractivity contribution is 0.00186. The minimum absolute atomic E-state index is 0.128. The average Bonchev–Trinajstić information content (AvgIpc) is 2.03. The van der Waals surface area contributed by atoms with Crippen molar-refractivity contribution >= 4 is 34.7 Å². The number of aromatic nitrogens is 2. The van der Waals surface area contributed by atoms with Crippen molar-refractivity contribution in [3.63, 3.8) is 0 Å². The van der Waals surface area contributed by atoms with Gasteiger partial charge < -0.3 is 11.1 Å². The third-order valence-corrected chi connectivity index (χ3v) is 3.75. The van der Waals surface area contributed by atoms with Crippen LogP contribution in [0.1, 0.15) is 19.3 Å². The molecular weight excluding hydrogens is 235 g/mol. The van der Waals surface area contributed by atoms with Crippen molar-refractivity contribution in [2.24, 2.45) is 5.92 Å². The molecule has 2 bridgehead atoms. The summed E-state index contributed by atoms with van der Waals surface area (Å²) < 4.78 is 0. The van der Waals surface area contributed by atoms with Crippen molar-refractivity contribution in [2.45, 2.75) is 24.8 Å². The molecule has 4 nitrogen and oxygen atoms in total. The fourth-order valence-corrected chi connectivity index (χ4v) is 2.78. The minimum atomic E-state index is 0.128. The molecule has 0 radical (unpaired) electrons. The molecule has 15 heavy (non-hydrogen) atoms. The number of anilines is 2. The molecule has 3 saturated carbocycles. The summed E-state index contributed by atoms with van der Waals surface area (Å²) in [6.45, 7) is 0. The van der Waals surface area contributed by atoms with Crippen LogP contribution in [0.2, 0.25) is 10.4 Å². The van der Waals surface area contributed by atoms with Crippen LogP contribution >= 0.6 is 23.2 Å². The van der Waals surface area contributed by atoms with Gasteiger partial charge in [0, 0.05) is 5.54 Å². The maximum Gasteiger partial charge on any atom is 0.225 e. The number of hydrogen-bond acceptors (Lipinski definition) is 4. The van der Waals surface area contributed by atoms with Crippen molar-refractivity contribution in [1.29, 1.82) is 0 Å². The van der Waals surface area contributed by atoms with Crippen molar-refractivity contribution in [2.75, 3.05) is 11.1 Å². The Hall–Kier alpha value is -0.740. The number of nitrogens with zero attached hydrogens (tertiary/aromatic N) is 2. The first kappa shape index (κ1) is 9.48. The van der Waals surface area contributed by atoms with Gasteiger partial charge in [0.15, 0.2) is 11.0 Å². The van der Waals surface area contributed by atoms with E-state index in [9.17, 15) is 0 Å². The molecule has 4 rings (SSSR count). The highest BCUT2D eigenvalue weighted by Gasteiger charge is 2.57. The van der Waals surface area contributed by atoms with Gasteiger partial charge in [0.1, 0.15) is 5.69 Å². The fraction of sp³-hybridized carbons (Fsp3) is 0.556. The van der Waals surface area contributed by atoms with Gasteiger partial charge >= 0.3 is 0 Å². The first-order valence-corrected chi connectivity index (χ1v) is 5.60. The quantitative estimate of drug-likeness (QED) is 0.620. The molecule has 1 aromatic rings. The van der Waals surface area contributed by atoms with Gasteiger partial charge in [0.25, 0.3) is 0 Å². The molecule has 0 saturated heterocycles. The number of nitrogens with two attached hydrogens (primary N) is 1. The molecule has 0 amide bonds. The topological polar surface area (TPSA) is 63.8 Å². The third-order valence-electron chi connectivity index (χ3n) is 3.29. The molecule has 0 aromatic carbocycles. The van der Waals surface area contributed by atoms with Gasteiger partial charge in [-0.1, -0.05) is 11.6 Å². The van der Waals surface area contributed by atoms with Crippen molar-refractivity contribution in [1.82, 2.24) is 9.97 Å². The zero-order chi connectivity index (χ0) is 10.6. The van der Waals surface area contributed by atoms with Crippen LogP contribution in [0.5, 0.6) is 0 Å². The summed E-state index contributed by atoms with van der Waals surface area (Å²) in [5.41, 5.74) is 6.37. The normalized spacial score (nSPS) is 31.7. The highest BCUT2D eigenvalue weighted by molar-refractivity contribution is 6.34. The third kappa shape index (κ3) is 1.35. The second-order valence-corrected chi connectivity index (χ2v) is 5.13. The Morgan fingerprint density at radius 2 is 1.93 bits per heavy atom. The first-order valence-electron chi connectivity index (χ1n) is 4.85. The molecular formula is C9H10Cl2N4. The van der Waals surface area contributed by atoms with E-state index in [0.717, 1.165) is 5.92 Å². The number of rotatable bonds is 2. The lowest BCUT2D eigenvalue weighted by atomic mass is 9.50. The monoisotopic (exact) mass is 244 g/mol. The maximum absolute atomic E-state index is 5.82. The summed E-state index contributed by atoms with van der Waals surface area (Å²) in [6, 6.07) is 0. The Bertz CT molecular complexity index is 417. The molecule has 6 heteroatoms. The van der Waals surface area contributed by atoms with E-state index < -0.39 is 0 Å². The van der Waals surface area contributed by atoms with Crippen molar-refractivity contribution in [3.8, 4) is 0 Å². The van der Waals surface area contributed by atoms with Crippen LogP contribution in [0.3, 0.4) is 0 Å². The Morgan fingerprint density at radius 3 is 2.47 bits per heavy atom. The smallest absolute Gasteiger partial charge is 0.225 e. The fourth-order valence-electron chi connectivity index (χ4n) is 2.39. The zero-order valence-corrected chi connectivity index (χ0v) is 9.44. The van der Waals surface area contributed by atoms with Gasteiger partial charge in [0.2, 0.25) is 5.28 Å². The van der Waals surface area contributed by atoms with Crippen LogP contribution in [-0.4, -0.2) is 15.5 Å². The Balaban J connectivity index is 1.90. The SMILES string of the molecule is Nc1c(Cl)nc(Cl)nc1NC12CC(C1)C2. The summed E-state index contributed by atoms with van der Waals surface area (Å²) >= 11 is 11.5. The van der Waals surface area contributed by atoms with Gasteiger partial charge in [-0.05, 0) is 36.8 Å². The average molecular weight is 245 g/mol. The van der Waals surface area contributed by atoms with Gasteiger partial charge in [-0.25, -0.2) is 4.98 Å². The van der Waals surface area contributed by atoms with Crippen LogP contribution in [-0.2, 0) is 0 Å². The standard InChI is InChI=1S/C9H10Cl2N4/c10-6-5(12)7(14-8(11)13-6)15-9-1-4(2-9)3-9/h4H,1-3,12H2,(H,13,14,15). The molecule has 1 heterocycles. The Morgan fingerprint density at radius 1 is 1.27 bits per heavy atom. The molecule has 80 valence electrons. The van der Waals surface area contributed by atoms with E-state index in [2.05, 4.69) is 15.3 Å². The van der Waals surface area contributed by atoms with Crippen molar-refractivity contribution in [3.05, 3.63) is 10.4 Å². The largest absolute Gasteiger partial charge is 0.393 e. The highest BCUT2D eigenvalue weighted by Crippen LogP contribution is 2.58. The highest BCUT2D eigenvalue weighted by atomic mass is 35.5. The molecule has 0 aliphatic heterocycles. The van der Waals surface area contributed by atoms with Gasteiger partial charge in [-0.2, -0.15) is 4.98 Å². The Kier molecular flexibility index (Phi) is 1.83. The van der Waals surface area contributed by atoms with Crippen LogP contribution in [0.25, 0.3) is 0 Å². The lowest BCUT2D eigenvalue weighted by Crippen LogP contribution is -2.63. The predicted octanol–water partition coefficient (Wildman–Crippen LogP) is 2.33. The van der Waals surface area contributed by atoms with Gasteiger partial charge in [-0.15, -0.1) is 0 Å². The number of nitrogens with one attached hydrogen (secondary N) is 1. The number of hydrogen-bond donors (Lipinski definition) is 2. The Labute approximate surface area is 97.2 Å². The van der Waals surface area contributed by atoms with E-state index in [4.69, 9.17) is 28.9 Å². The summed E-state index contributed by atoms with van der Waals surface area (Å²) in [5.74, 6) is 1.46. The van der Waals surface area contributed by atoms with Gasteiger partial charge in [0.05, 0.1) is 0 Å². The minimum Gasteiger partial charge on any atom is -0.393 e. The van der Waals surface area contributed by atoms with E-state index in [0.29, 0.717) is 11.5 Å². The summed E-state index contributed by atoms with van der Waals surface area (Å²) in [7, 11) is 0. The summed E-state index contributed by atoms with van der Waals surface area (Å²) in [5, 5.41) is 3.67. The van der Waals surface area contributed by atoms with E-state index in [1.165, 1.54) is 19.3 Å². The number of nitrogen functional groups attached to an aromatic ring is 1. The number of halogens is 2. The molecule has 3 aliphatic carbocycles. The van der Waals surface area contributed by atoms with E-state index in [1.54, 1.807) is 0 Å². The van der Waals surface area contributed by atoms with E-state index >= 15 is 0 Å². The first-order chi connectivity index (χ1) is 7.08. The van der Waals surface area contributed by atoms with Crippen LogP contribution in [0.4, 0.5) is 11.5 Å². The van der Waals surface area contributed by atoms with Gasteiger partial charge in [-0.3, -0.25) is 0 Å². The van der Waals surface area contributed by atoms with E-state index in [1.807, 2.05) is 0 Å². The lowest BCUT2D eigenvalue weighted by Gasteiger charge is -2.62. The molecule has 3 N–H and O–H groups in total. The molecule has 3 fully saturated rings. The molecule has 1 aromatic heterocycles. The molecule has 0 spiro atoms. The molecule has 0 atom stereocenters. The summed E-state index contributed by atoms with van der Waals surface area (Å²) in [6.07, 6.45) is 3.60. The van der Waals surface area contributed by atoms with Crippen LogP contribution in [0, 0.1) is 5.92 Å². The second-order valence-electron chi connectivity index (χ2n) is 4.43. The van der Waals surface area contributed by atoms with Crippen LogP contribution < -0.4 is 11.1 Å². The zero-order valence-electron chi connectivity index (χ0n) is 7.93. The molecule has 0 unspecified atom stereocenters. The van der Waals surface area contributed by atoms with E-state index in [-0.39, 0.29) is 16.0 Å².